The van der Waals surface area contributed by atoms with Gasteiger partial charge in [0.2, 0.25) is 11.7 Å². The van der Waals surface area contributed by atoms with Crippen LogP contribution in [0.3, 0.4) is 0 Å². The van der Waals surface area contributed by atoms with Crippen LogP contribution in [0.25, 0.3) is 11.4 Å². The molecule has 0 aliphatic rings. The van der Waals surface area contributed by atoms with Gasteiger partial charge in [0, 0.05) is 12.1 Å². The summed E-state index contributed by atoms with van der Waals surface area (Å²) in [7, 11) is 3.12. The second kappa shape index (κ2) is 10.3. The van der Waals surface area contributed by atoms with Gasteiger partial charge in [0.25, 0.3) is 5.91 Å². The van der Waals surface area contributed by atoms with Crippen molar-refractivity contribution in [3.8, 4) is 28.6 Å². The highest BCUT2D eigenvalue weighted by Gasteiger charge is 2.18. The Kier molecular flexibility index (Phi) is 7.26. The molecule has 0 radical (unpaired) electrons. The largest absolute Gasteiger partial charge is 0.493 e. The normalized spacial score (nSPS) is 10.4. The molecular formula is C23H25N3O5. The van der Waals surface area contributed by atoms with Crippen LogP contribution in [0.5, 0.6) is 17.2 Å². The summed E-state index contributed by atoms with van der Waals surface area (Å²) in [4.78, 5) is 18.6. The van der Waals surface area contributed by atoms with Crippen molar-refractivity contribution < 1.29 is 23.5 Å². The van der Waals surface area contributed by atoms with Crippen LogP contribution in [0, 0.1) is 6.92 Å². The minimum atomic E-state index is -0.216. The minimum Gasteiger partial charge on any atom is -0.493 e. The summed E-state index contributed by atoms with van der Waals surface area (Å²) in [5.74, 6) is 2.26. The van der Waals surface area contributed by atoms with Gasteiger partial charge >= 0.3 is 0 Å². The van der Waals surface area contributed by atoms with Crippen molar-refractivity contribution in [1.29, 1.82) is 0 Å². The third-order valence-electron chi connectivity index (χ3n) is 4.52. The molecule has 162 valence electrons. The van der Waals surface area contributed by atoms with Crippen LogP contribution in [0.15, 0.2) is 59.6 Å². The molecule has 0 saturated heterocycles. The molecule has 1 aromatic heterocycles. The van der Waals surface area contributed by atoms with E-state index in [1.54, 1.807) is 38.5 Å². The highest BCUT2D eigenvalue weighted by molar-refractivity contribution is 5.77. The standard InChI is InChI=1S/C23H25N3O5/c1-5-12-26(22(27)15-30-18-9-6-16(2)7-10-18)14-21-24-23(25-31-21)17-8-11-19(28-3)20(13-17)29-4/h5-11,13H,1,12,14-15H2,2-4H3. The number of carbonyl (C=O) groups is 1. The zero-order valence-corrected chi connectivity index (χ0v) is 17.8. The molecule has 3 aromatic rings. The van der Waals surface area contributed by atoms with Gasteiger partial charge in [0.1, 0.15) is 12.3 Å². The first-order valence-corrected chi connectivity index (χ1v) is 9.67. The van der Waals surface area contributed by atoms with Crippen molar-refractivity contribution in [3.63, 3.8) is 0 Å². The average Bonchev–Trinajstić information content (AvgIpc) is 3.26. The molecule has 8 nitrogen and oxygen atoms in total. The summed E-state index contributed by atoms with van der Waals surface area (Å²) >= 11 is 0. The number of hydrogen-bond acceptors (Lipinski definition) is 7. The summed E-state index contributed by atoms with van der Waals surface area (Å²) in [6.07, 6.45) is 1.63. The maximum absolute atomic E-state index is 12.6. The van der Waals surface area contributed by atoms with E-state index in [4.69, 9.17) is 18.7 Å². The van der Waals surface area contributed by atoms with Gasteiger partial charge in [-0.1, -0.05) is 28.9 Å². The molecule has 3 rings (SSSR count). The van der Waals surface area contributed by atoms with E-state index in [0.717, 1.165) is 5.56 Å². The molecule has 0 spiro atoms. The molecule has 0 atom stereocenters. The first-order valence-electron chi connectivity index (χ1n) is 9.67. The maximum atomic E-state index is 12.6. The van der Waals surface area contributed by atoms with Gasteiger partial charge in [-0.15, -0.1) is 6.58 Å². The van der Waals surface area contributed by atoms with E-state index >= 15 is 0 Å². The summed E-state index contributed by atoms with van der Waals surface area (Å²) in [6, 6.07) is 12.8. The van der Waals surface area contributed by atoms with E-state index in [-0.39, 0.29) is 19.1 Å². The highest BCUT2D eigenvalue weighted by Crippen LogP contribution is 2.31. The number of aromatic nitrogens is 2. The van der Waals surface area contributed by atoms with Crippen molar-refractivity contribution in [3.05, 3.63) is 66.6 Å². The van der Waals surface area contributed by atoms with Gasteiger partial charge in [-0.05, 0) is 37.3 Å². The monoisotopic (exact) mass is 423 g/mol. The predicted octanol–water partition coefficient (Wildman–Crippen LogP) is 3.66. The number of aryl methyl sites for hydroxylation is 1. The van der Waals surface area contributed by atoms with Gasteiger partial charge in [0.15, 0.2) is 18.1 Å². The van der Waals surface area contributed by atoms with Crippen molar-refractivity contribution in [1.82, 2.24) is 15.0 Å². The van der Waals surface area contributed by atoms with Gasteiger partial charge < -0.3 is 23.6 Å². The Bertz CT molecular complexity index is 1030. The summed E-state index contributed by atoms with van der Waals surface area (Å²) < 4.78 is 21.5. The molecule has 0 aliphatic carbocycles. The van der Waals surface area contributed by atoms with E-state index in [1.165, 1.54) is 4.90 Å². The number of hydrogen-bond donors (Lipinski definition) is 0. The smallest absolute Gasteiger partial charge is 0.261 e. The first kappa shape index (κ1) is 21.9. The van der Waals surface area contributed by atoms with Gasteiger partial charge in [-0.25, -0.2) is 0 Å². The Morgan fingerprint density at radius 3 is 2.55 bits per heavy atom. The number of methoxy groups -OCH3 is 2. The second-order valence-corrected chi connectivity index (χ2v) is 6.75. The summed E-state index contributed by atoms with van der Waals surface area (Å²) in [5, 5.41) is 4.01. The Balaban J connectivity index is 1.67. The fraction of sp³-hybridized carbons (Fsp3) is 0.261. The number of amides is 1. The Morgan fingerprint density at radius 2 is 1.87 bits per heavy atom. The molecule has 2 aromatic carbocycles. The molecule has 0 aliphatic heterocycles. The molecule has 0 bridgehead atoms. The molecule has 0 unspecified atom stereocenters. The van der Waals surface area contributed by atoms with E-state index in [9.17, 15) is 4.79 Å². The molecule has 0 N–H and O–H groups in total. The Hall–Kier alpha value is -3.81. The van der Waals surface area contributed by atoms with Crippen molar-refractivity contribution in [2.75, 3.05) is 27.4 Å². The maximum Gasteiger partial charge on any atom is 0.261 e. The number of ether oxygens (including phenoxy) is 3. The van der Waals surface area contributed by atoms with Crippen molar-refractivity contribution in [2.45, 2.75) is 13.5 Å². The van der Waals surface area contributed by atoms with Crippen LogP contribution in [-0.4, -0.2) is 48.3 Å². The van der Waals surface area contributed by atoms with Gasteiger partial charge in [-0.3, -0.25) is 4.79 Å². The van der Waals surface area contributed by atoms with Crippen LogP contribution in [-0.2, 0) is 11.3 Å². The minimum absolute atomic E-state index is 0.104. The summed E-state index contributed by atoms with van der Waals surface area (Å²) in [5.41, 5.74) is 1.82. The molecule has 0 fully saturated rings. The quantitative estimate of drug-likeness (QED) is 0.460. The average molecular weight is 423 g/mol. The molecular weight excluding hydrogens is 398 g/mol. The lowest BCUT2D eigenvalue weighted by atomic mass is 10.2. The van der Waals surface area contributed by atoms with Crippen LogP contribution in [0.2, 0.25) is 0 Å². The van der Waals surface area contributed by atoms with E-state index in [0.29, 0.717) is 41.1 Å². The fourth-order valence-electron chi connectivity index (χ4n) is 2.86. The van der Waals surface area contributed by atoms with Crippen LogP contribution >= 0.6 is 0 Å². The third-order valence-corrected chi connectivity index (χ3v) is 4.52. The molecule has 31 heavy (non-hydrogen) atoms. The molecule has 1 heterocycles. The number of nitrogens with zero attached hydrogens (tertiary/aromatic N) is 3. The predicted molar refractivity (Wildman–Crippen MR) is 115 cm³/mol. The Morgan fingerprint density at radius 1 is 1.13 bits per heavy atom. The van der Waals surface area contributed by atoms with Crippen LogP contribution in [0.4, 0.5) is 0 Å². The van der Waals surface area contributed by atoms with Crippen LogP contribution < -0.4 is 14.2 Å². The Labute approximate surface area is 181 Å². The lowest BCUT2D eigenvalue weighted by Gasteiger charge is -2.19. The number of carbonyl (C=O) groups excluding carboxylic acids is 1. The van der Waals surface area contributed by atoms with E-state index in [1.807, 2.05) is 31.2 Å². The zero-order valence-electron chi connectivity index (χ0n) is 17.8. The lowest BCUT2D eigenvalue weighted by Crippen LogP contribution is -2.34. The topological polar surface area (TPSA) is 86.9 Å². The van der Waals surface area contributed by atoms with E-state index < -0.39 is 0 Å². The number of benzene rings is 2. The lowest BCUT2D eigenvalue weighted by molar-refractivity contribution is -0.133. The first-order chi connectivity index (χ1) is 15.0. The van der Waals surface area contributed by atoms with Crippen molar-refractivity contribution >= 4 is 5.91 Å². The molecule has 0 saturated carbocycles. The second-order valence-electron chi connectivity index (χ2n) is 6.75. The number of rotatable bonds is 10. The van der Waals surface area contributed by atoms with Gasteiger partial charge in [-0.2, -0.15) is 4.98 Å². The van der Waals surface area contributed by atoms with Crippen LogP contribution in [0.1, 0.15) is 11.5 Å². The SMILES string of the molecule is C=CCN(Cc1nc(-c2ccc(OC)c(OC)c2)no1)C(=O)COc1ccc(C)cc1. The highest BCUT2D eigenvalue weighted by atomic mass is 16.5. The zero-order chi connectivity index (χ0) is 22.2. The van der Waals surface area contributed by atoms with E-state index in [2.05, 4.69) is 16.7 Å². The third kappa shape index (κ3) is 5.63. The van der Waals surface area contributed by atoms with Gasteiger partial charge in [0.05, 0.1) is 14.2 Å². The summed E-state index contributed by atoms with van der Waals surface area (Å²) in [6.45, 7) is 6.06. The molecule has 1 amide bonds. The fourth-order valence-corrected chi connectivity index (χ4v) is 2.86. The van der Waals surface area contributed by atoms with Crippen molar-refractivity contribution in [2.24, 2.45) is 0 Å². The molecule has 8 heteroatoms.